The second-order valence-electron chi connectivity index (χ2n) is 5.72. The molecule has 0 heterocycles. The van der Waals surface area contributed by atoms with E-state index in [4.69, 9.17) is 11.2 Å². The molecule has 1 fully saturated rings. The predicted molar refractivity (Wildman–Crippen MR) is 82.5 cm³/mol. The molecule has 3 heteroatoms. The van der Waals surface area contributed by atoms with E-state index in [2.05, 4.69) is 11.2 Å². The first-order valence-corrected chi connectivity index (χ1v) is 8.17. The minimum absolute atomic E-state index is 0.310. The highest BCUT2D eigenvalue weighted by Crippen LogP contribution is 2.26. The highest BCUT2D eigenvalue weighted by Gasteiger charge is 2.10. The molecule has 1 saturated carbocycles. The van der Waals surface area contributed by atoms with Gasteiger partial charge in [0.25, 0.3) is 0 Å². The van der Waals surface area contributed by atoms with Crippen LogP contribution in [-0.4, -0.2) is 19.2 Å². The maximum atomic E-state index is 11.3. The third-order valence-electron chi connectivity index (χ3n) is 4.01. The van der Waals surface area contributed by atoms with Gasteiger partial charge in [-0.05, 0) is 12.3 Å². The Hall–Kier alpha value is -1.17. The van der Waals surface area contributed by atoms with Crippen molar-refractivity contribution in [3.63, 3.8) is 0 Å². The number of carbonyl (C=O) groups excluding carboxylic acids is 1. The Morgan fingerprint density at radius 2 is 1.85 bits per heavy atom. The first-order chi connectivity index (χ1) is 9.83. The van der Waals surface area contributed by atoms with Crippen LogP contribution in [0, 0.1) is 18.3 Å². The zero-order valence-corrected chi connectivity index (χ0v) is 12.7. The number of hydrogen-bond donors (Lipinski definition) is 1. The first-order valence-electron chi connectivity index (χ1n) is 8.17. The predicted octanol–water partition coefficient (Wildman–Crippen LogP) is 4.27. The summed E-state index contributed by atoms with van der Waals surface area (Å²) in [6.45, 7) is 1.02. The summed E-state index contributed by atoms with van der Waals surface area (Å²) in [7, 11) is 0. The Morgan fingerprint density at radius 1 is 1.15 bits per heavy atom. The Balaban J connectivity index is 1.95. The number of hydrogen-bond acceptors (Lipinski definition) is 2. The molecule has 0 aliphatic heterocycles. The standard InChI is InChI=1S/C17H29NO2/c1-2-3-15-20-17(19)18-14-10-9-13-16-11-7-5-4-6-8-12-16/h1,16H,3-15H2,(H,18,19). The van der Waals surface area contributed by atoms with Gasteiger partial charge >= 0.3 is 6.09 Å². The number of ether oxygens (including phenoxy) is 1. The van der Waals surface area contributed by atoms with Crippen molar-refractivity contribution in [3.05, 3.63) is 0 Å². The summed E-state index contributed by atoms with van der Waals surface area (Å²) in [5.74, 6) is 3.36. The van der Waals surface area contributed by atoms with Crippen molar-refractivity contribution in [1.82, 2.24) is 5.32 Å². The fourth-order valence-corrected chi connectivity index (χ4v) is 2.83. The van der Waals surface area contributed by atoms with Gasteiger partial charge in [-0.15, -0.1) is 12.3 Å². The second-order valence-corrected chi connectivity index (χ2v) is 5.72. The van der Waals surface area contributed by atoms with E-state index >= 15 is 0 Å². The van der Waals surface area contributed by atoms with Gasteiger partial charge < -0.3 is 10.1 Å². The van der Waals surface area contributed by atoms with E-state index in [-0.39, 0.29) is 6.09 Å². The Bertz CT molecular complexity index is 288. The van der Waals surface area contributed by atoms with E-state index in [1.54, 1.807) is 0 Å². The molecule has 1 aliphatic carbocycles. The van der Waals surface area contributed by atoms with Gasteiger partial charge in [0, 0.05) is 13.0 Å². The van der Waals surface area contributed by atoms with Crippen LogP contribution in [0.15, 0.2) is 0 Å². The SMILES string of the molecule is C#CCCOC(=O)NCCCCC1CCCCCCC1. The van der Waals surface area contributed by atoms with E-state index in [9.17, 15) is 4.79 Å². The highest BCUT2D eigenvalue weighted by atomic mass is 16.5. The topological polar surface area (TPSA) is 38.3 Å². The third-order valence-corrected chi connectivity index (χ3v) is 4.01. The van der Waals surface area contributed by atoms with Gasteiger partial charge in [0.15, 0.2) is 0 Å². The lowest BCUT2D eigenvalue weighted by Gasteiger charge is -2.19. The van der Waals surface area contributed by atoms with Crippen LogP contribution in [-0.2, 0) is 4.74 Å². The molecular formula is C17H29NO2. The fraction of sp³-hybridized carbons (Fsp3) is 0.824. The molecule has 1 N–H and O–H groups in total. The fourth-order valence-electron chi connectivity index (χ4n) is 2.83. The number of alkyl carbamates (subject to hydrolysis) is 1. The number of unbranched alkanes of at least 4 members (excludes halogenated alkanes) is 1. The van der Waals surface area contributed by atoms with Crippen LogP contribution in [0.5, 0.6) is 0 Å². The van der Waals surface area contributed by atoms with Gasteiger partial charge in [-0.1, -0.05) is 57.8 Å². The minimum Gasteiger partial charge on any atom is -0.449 e. The van der Waals surface area contributed by atoms with Crippen LogP contribution in [0.4, 0.5) is 4.79 Å². The molecule has 0 radical (unpaired) electrons. The highest BCUT2D eigenvalue weighted by molar-refractivity contribution is 5.66. The van der Waals surface area contributed by atoms with Gasteiger partial charge in [-0.25, -0.2) is 4.79 Å². The molecule has 20 heavy (non-hydrogen) atoms. The van der Waals surface area contributed by atoms with Crippen LogP contribution >= 0.6 is 0 Å². The molecule has 0 aromatic rings. The molecule has 114 valence electrons. The van der Waals surface area contributed by atoms with Crippen molar-refractivity contribution in [2.75, 3.05) is 13.2 Å². The number of carbonyl (C=O) groups is 1. The zero-order valence-electron chi connectivity index (χ0n) is 12.7. The smallest absolute Gasteiger partial charge is 0.407 e. The monoisotopic (exact) mass is 279 g/mol. The lowest BCUT2D eigenvalue weighted by Crippen LogP contribution is -2.25. The van der Waals surface area contributed by atoms with Crippen LogP contribution in [0.3, 0.4) is 0 Å². The molecule has 0 atom stereocenters. The van der Waals surface area contributed by atoms with Crippen LogP contribution in [0.25, 0.3) is 0 Å². The molecular weight excluding hydrogens is 250 g/mol. The molecule has 1 amide bonds. The molecule has 0 aromatic heterocycles. The summed E-state index contributed by atoms with van der Waals surface area (Å²) >= 11 is 0. The molecule has 1 aliphatic rings. The largest absolute Gasteiger partial charge is 0.449 e. The van der Waals surface area contributed by atoms with Crippen molar-refractivity contribution in [2.24, 2.45) is 5.92 Å². The molecule has 0 saturated heterocycles. The Labute approximate surface area is 123 Å². The van der Waals surface area contributed by atoms with Crippen molar-refractivity contribution in [1.29, 1.82) is 0 Å². The van der Waals surface area contributed by atoms with Crippen LogP contribution < -0.4 is 5.32 Å². The summed E-state index contributed by atoms with van der Waals surface area (Å²) in [6.07, 6.45) is 18.7. The average molecular weight is 279 g/mol. The molecule has 0 spiro atoms. The van der Waals surface area contributed by atoms with E-state index in [1.807, 2.05) is 0 Å². The van der Waals surface area contributed by atoms with E-state index in [0.29, 0.717) is 19.6 Å². The van der Waals surface area contributed by atoms with Gasteiger partial charge in [-0.2, -0.15) is 0 Å². The van der Waals surface area contributed by atoms with E-state index < -0.39 is 0 Å². The minimum atomic E-state index is -0.341. The normalized spacial score (nSPS) is 16.8. The number of terminal acetylenes is 1. The summed E-state index contributed by atoms with van der Waals surface area (Å²) in [4.78, 5) is 11.3. The van der Waals surface area contributed by atoms with E-state index in [0.717, 1.165) is 12.3 Å². The lowest BCUT2D eigenvalue weighted by molar-refractivity contribution is 0.148. The van der Waals surface area contributed by atoms with E-state index in [1.165, 1.54) is 57.8 Å². The molecule has 0 aromatic carbocycles. The van der Waals surface area contributed by atoms with Crippen molar-refractivity contribution in [3.8, 4) is 12.3 Å². The van der Waals surface area contributed by atoms with Crippen LogP contribution in [0.2, 0.25) is 0 Å². The zero-order chi connectivity index (χ0) is 14.5. The summed E-state index contributed by atoms with van der Waals surface area (Å²) in [6, 6.07) is 0. The summed E-state index contributed by atoms with van der Waals surface area (Å²) < 4.78 is 4.92. The number of rotatable bonds is 7. The Morgan fingerprint density at radius 3 is 2.55 bits per heavy atom. The third kappa shape index (κ3) is 8.85. The van der Waals surface area contributed by atoms with Crippen molar-refractivity contribution in [2.45, 2.75) is 70.6 Å². The first kappa shape index (κ1) is 16.9. The summed E-state index contributed by atoms with van der Waals surface area (Å²) in [5, 5.41) is 2.77. The molecule has 0 unspecified atom stereocenters. The Kier molecular flexibility index (Phi) is 9.83. The maximum Gasteiger partial charge on any atom is 0.407 e. The number of amides is 1. The maximum absolute atomic E-state index is 11.3. The van der Waals surface area contributed by atoms with Crippen molar-refractivity contribution >= 4 is 6.09 Å². The van der Waals surface area contributed by atoms with Crippen LogP contribution in [0.1, 0.15) is 70.6 Å². The van der Waals surface area contributed by atoms with Gasteiger partial charge in [0.05, 0.1) is 0 Å². The van der Waals surface area contributed by atoms with Crippen molar-refractivity contribution < 1.29 is 9.53 Å². The quantitative estimate of drug-likeness (QED) is 0.558. The molecule has 0 bridgehead atoms. The second kappa shape index (κ2) is 11.6. The lowest BCUT2D eigenvalue weighted by atomic mass is 9.88. The van der Waals surface area contributed by atoms with Gasteiger partial charge in [-0.3, -0.25) is 0 Å². The van der Waals surface area contributed by atoms with Gasteiger partial charge in [0.1, 0.15) is 6.61 Å². The molecule has 1 rings (SSSR count). The summed E-state index contributed by atoms with van der Waals surface area (Å²) in [5.41, 5.74) is 0. The van der Waals surface area contributed by atoms with Gasteiger partial charge in [0.2, 0.25) is 0 Å². The number of nitrogens with one attached hydrogen (secondary N) is 1. The average Bonchev–Trinajstić information content (AvgIpc) is 2.40. The molecule has 3 nitrogen and oxygen atoms in total.